The molecule has 0 saturated heterocycles. The van der Waals surface area contributed by atoms with Crippen molar-refractivity contribution in [3.63, 3.8) is 0 Å². The van der Waals surface area contributed by atoms with Crippen molar-refractivity contribution < 1.29 is 22.0 Å². The first-order valence-electron chi connectivity index (χ1n) is 3.82. The summed E-state index contributed by atoms with van der Waals surface area (Å²) >= 11 is 0. The summed E-state index contributed by atoms with van der Waals surface area (Å²) in [6, 6.07) is 0.265. The molecule has 0 saturated carbocycles. The number of hydrogen-bond donors (Lipinski definition) is 1. The molecule has 0 bridgehead atoms. The third-order valence-electron chi connectivity index (χ3n) is 1.86. The molecule has 1 aromatic rings. The standard InChI is InChI=1S/C8H6F5NO/c1-3-4(8(11,12)13)2-5(15)14-6(3)7(9)10/h2,7H,1H3,(H,14,15). The van der Waals surface area contributed by atoms with Crippen LogP contribution in [0.5, 0.6) is 0 Å². The predicted octanol–water partition coefficient (Wildman–Crippen LogP) is 2.64. The van der Waals surface area contributed by atoms with Gasteiger partial charge in [-0.3, -0.25) is 4.79 Å². The summed E-state index contributed by atoms with van der Waals surface area (Å²) in [6.07, 6.45) is -7.94. The van der Waals surface area contributed by atoms with Crippen LogP contribution in [0.1, 0.15) is 23.2 Å². The van der Waals surface area contributed by atoms with E-state index in [0.717, 1.165) is 6.92 Å². The lowest BCUT2D eigenvalue weighted by molar-refractivity contribution is -0.138. The smallest absolute Gasteiger partial charge is 0.321 e. The number of rotatable bonds is 1. The number of H-pyrrole nitrogens is 1. The zero-order chi connectivity index (χ0) is 11.8. The average molecular weight is 227 g/mol. The van der Waals surface area contributed by atoms with Crippen molar-refractivity contribution in [3.8, 4) is 0 Å². The van der Waals surface area contributed by atoms with Crippen LogP contribution in [0.25, 0.3) is 0 Å². The van der Waals surface area contributed by atoms with Gasteiger partial charge >= 0.3 is 6.18 Å². The largest absolute Gasteiger partial charge is 0.416 e. The molecule has 1 rings (SSSR count). The van der Waals surface area contributed by atoms with Gasteiger partial charge in [0.05, 0.1) is 11.3 Å². The Morgan fingerprint density at radius 2 is 1.87 bits per heavy atom. The fraction of sp³-hybridized carbons (Fsp3) is 0.375. The lowest BCUT2D eigenvalue weighted by Gasteiger charge is -2.12. The maximum absolute atomic E-state index is 12.3. The third-order valence-corrected chi connectivity index (χ3v) is 1.86. The Hall–Kier alpha value is -1.40. The Kier molecular flexibility index (Phi) is 2.83. The van der Waals surface area contributed by atoms with Crippen LogP contribution in [-0.4, -0.2) is 4.98 Å². The van der Waals surface area contributed by atoms with E-state index >= 15 is 0 Å². The third kappa shape index (κ3) is 2.34. The van der Waals surface area contributed by atoms with E-state index in [-0.39, 0.29) is 6.07 Å². The molecule has 0 aromatic carbocycles. The first-order valence-corrected chi connectivity index (χ1v) is 3.82. The molecular weight excluding hydrogens is 221 g/mol. The van der Waals surface area contributed by atoms with Crippen LogP contribution in [-0.2, 0) is 6.18 Å². The van der Waals surface area contributed by atoms with Gasteiger partial charge in [0.1, 0.15) is 0 Å². The number of hydrogen-bond acceptors (Lipinski definition) is 1. The normalized spacial score (nSPS) is 12.2. The fourth-order valence-electron chi connectivity index (χ4n) is 1.16. The number of alkyl halides is 5. The van der Waals surface area contributed by atoms with Gasteiger partial charge in [0.2, 0.25) is 5.56 Å². The topological polar surface area (TPSA) is 32.9 Å². The predicted molar refractivity (Wildman–Crippen MR) is 41.8 cm³/mol. The molecule has 0 atom stereocenters. The molecule has 7 heteroatoms. The van der Waals surface area contributed by atoms with Gasteiger partial charge in [-0.05, 0) is 12.5 Å². The Morgan fingerprint density at radius 1 is 1.33 bits per heavy atom. The number of pyridine rings is 1. The second-order valence-corrected chi connectivity index (χ2v) is 2.88. The van der Waals surface area contributed by atoms with E-state index in [4.69, 9.17) is 0 Å². The van der Waals surface area contributed by atoms with Crippen molar-refractivity contribution in [1.29, 1.82) is 0 Å². The molecule has 15 heavy (non-hydrogen) atoms. The Balaban J connectivity index is 3.49. The number of halogens is 5. The molecule has 1 heterocycles. The van der Waals surface area contributed by atoms with E-state index in [0.29, 0.717) is 0 Å². The van der Waals surface area contributed by atoms with Gasteiger partial charge in [-0.2, -0.15) is 13.2 Å². The Labute approximate surface area is 80.7 Å². The van der Waals surface area contributed by atoms with Crippen LogP contribution in [0.2, 0.25) is 0 Å². The van der Waals surface area contributed by atoms with Crippen molar-refractivity contribution in [2.24, 2.45) is 0 Å². The van der Waals surface area contributed by atoms with E-state index < -0.39 is 35.0 Å². The quantitative estimate of drug-likeness (QED) is 0.735. The summed E-state index contributed by atoms with van der Waals surface area (Å²) in [5.74, 6) is 0. The van der Waals surface area contributed by atoms with Gasteiger partial charge in [0, 0.05) is 6.07 Å². The molecule has 0 spiro atoms. The van der Waals surface area contributed by atoms with E-state index in [1.54, 1.807) is 4.98 Å². The molecule has 0 aliphatic heterocycles. The van der Waals surface area contributed by atoms with Gasteiger partial charge < -0.3 is 4.98 Å². The van der Waals surface area contributed by atoms with Crippen LogP contribution in [0.3, 0.4) is 0 Å². The Bertz CT molecular complexity index is 420. The van der Waals surface area contributed by atoms with Crippen molar-refractivity contribution in [3.05, 3.63) is 33.2 Å². The lowest BCUT2D eigenvalue weighted by Crippen LogP contribution is -2.18. The van der Waals surface area contributed by atoms with Crippen LogP contribution >= 0.6 is 0 Å². The highest BCUT2D eigenvalue weighted by Crippen LogP contribution is 2.33. The van der Waals surface area contributed by atoms with E-state index in [1.807, 2.05) is 0 Å². The number of aromatic amines is 1. The highest BCUT2D eigenvalue weighted by Gasteiger charge is 2.34. The van der Waals surface area contributed by atoms with Gasteiger partial charge in [-0.15, -0.1) is 0 Å². The van der Waals surface area contributed by atoms with E-state index in [1.165, 1.54) is 0 Å². The van der Waals surface area contributed by atoms with Crippen LogP contribution in [0, 0.1) is 6.92 Å². The lowest BCUT2D eigenvalue weighted by atomic mass is 10.1. The highest BCUT2D eigenvalue weighted by atomic mass is 19.4. The zero-order valence-electron chi connectivity index (χ0n) is 7.45. The van der Waals surface area contributed by atoms with Crippen molar-refractivity contribution >= 4 is 0 Å². The molecule has 84 valence electrons. The van der Waals surface area contributed by atoms with Crippen molar-refractivity contribution in [1.82, 2.24) is 4.98 Å². The van der Waals surface area contributed by atoms with Gasteiger partial charge in [0.15, 0.2) is 0 Å². The minimum atomic E-state index is -4.80. The second-order valence-electron chi connectivity index (χ2n) is 2.88. The molecular formula is C8H6F5NO. The number of aromatic nitrogens is 1. The summed E-state index contributed by atoms with van der Waals surface area (Å²) in [5, 5.41) is 0. The van der Waals surface area contributed by atoms with Gasteiger partial charge in [0.25, 0.3) is 6.43 Å². The first kappa shape index (κ1) is 11.7. The van der Waals surface area contributed by atoms with Crippen molar-refractivity contribution in [2.45, 2.75) is 19.5 Å². The molecule has 0 aliphatic rings. The Morgan fingerprint density at radius 3 is 2.27 bits per heavy atom. The number of nitrogens with one attached hydrogen (secondary N) is 1. The summed E-state index contributed by atoms with van der Waals surface area (Å²) < 4.78 is 61.3. The highest BCUT2D eigenvalue weighted by molar-refractivity contribution is 5.31. The van der Waals surface area contributed by atoms with Crippen LogP contribution < -0.4 is 5.56 Å². The zero-order valence-corrected chi connectivity index (χ0v) is 7.45. The summed E-state index contributed by atoms with van der Waals surface area (Å²) in [6.45, 7) is 0.889. The van der Waals surface area contributed by atoms with Gasteiger partial charge in [-0.25, -0.2) is 8.78 Å². The molecule has 1 aromatic heterocycles. The maximum Gasteiger partial charge on any atom is 0.416 e. The average Bonchev–Trinajstić information content (AvgIpc) is 2.06. The molecule has 0 amide bonds. The SMILES string of the molecule is Cc1c(C(F)(F)F)cc(=O)[nH]c1C(F)F. The minimum absolute atomic E-state index is 0.265. The van der Waals surface area contributed by atoms with E-state index in [2.05, 4.69) is 0 Å². The molecule has 0 unspecified atom stereocenters. The summed E-state index contributed by atoms with van der Waals surface area (Å²) in [4.78, 5) is 12.4. The molecule has 2 nitrogen and oxygen atoms in total. The summed E-state index contributed by atoms with van der Waals surface area (Å²) in [7, 11) is 0. The summed E-state index contributed by atoms with van der Waals surface area (Å²) in [5.41, 5.74) is -4.17. The van der Waals surface area contributed by atoms with Gasteiger partial charge in [-0.1, -0.05) is 0 Å². The molecule has 0 aliphatic carbocycles. The first-order chi connectivity index (χ1) is 6.73. The monoisotopic (exact) mass is 227 g/mol. The molecule has 1 N–H and O–H groups in total. The molecule has 0 radical (unpaired) electrons. The second kappa shape index (κ2) is 3.63. The van der Waals surface area contributed by atoms with E-state index in [9.17, 15) is 26.7 Å². The maximum atomic E-state index is 12.3. The minimum Gasteiger partial charge on any atom is -0.321 e. The van der Waals surface area contributed by atoms with Crippen molar-refractivity contribution in [2.75, 3.05) is 0 Å². The van der Waals surface area contributed by atoms with Crippen LogP contribution in [0.4, 0.5) is 22.0 Å². The van der Waals surface area contributed by atoms with Crippen LogP contribution in [0.15, 0.2) is 10.9 Å². The fourth-order valence-corrected chi connectivity index (χ4v) is 1.16. The molecule has 0 fully saturated rings.